The summed E-state index contributed by atoms with van der Waals surface area (Å²) in [6, 6.07) is -0.712. The van der Waals surface area contributed by atoms with Crippen LogP contribution in [0.25, 0.3) is 0 Å². The maximum Gasteiger partial charge on any atom is 0.408 e. The van der Waals surface area contributed by atoms with E-state index in [1.165, 1.54) is 0 Å². The Morgan fingerprint density at radius 1 is 1.53 bits per heavy atom. The van der Waals surface area contributed by atoms with E-state index >= 15 is 0 Å². The van der Waals surface area contributed by atoms with Gasteiger partial charge in [-0.1, -0.05) is 13.8 Å². The van der Waals surface area contributed by atoms with Gasteiger partial charge >= 0.3 is 6.18 Å². The van der Waals surface area contributed by atoms with Crippen molar-refractivity contribution in [3.8, 4) is 0 Å². The summed E-state index contributed by atoms with van der Waals surface area (Å²) in [5, 5.41) is 5.91. The summed E-state index contributed by atoms with van der Waals surface area (Å²) in [5.74, 6) is -0.508. The Balaban J connectivity index is 0.00000324. The molecule has 9 heteroatoms. The minimum atomic E-state index is -4.35. The third-order valence-electron chi connectivity index (χ3n) is 2.26. The van der Waals surface area contributed by atoms with Gasteiger partial charge in [-0.05, 0) is 5.92 Å². The summed E-state index contributed by atoms with van der Waals surface area (Å²) in [6.45, 7) is 2.35. The van der Waals surface area contributed by atoms with Crippen molar-refractivity contribution in [3.05, 3.63) is 12.4 Å². The number of carbonyl (C=O) groups is 1. The zero-order valence-corrected chi connectivity index (χ0v) is 11.3. The predicted molar refractivity (Wildman–Crippen MR) is 67.0 cm³/mol. The zero-order valence-electron chi connectivity index (χ0n) is 10.4. The van der Waals surface area contributed by atoms with E-state index in [4.69, 9.17) is 5.73 Å². The summed E-state index contributed by atoms with van der Waals surface area (Å²) >= 11 is 0. The molecule has 1 aromatic heterocycles. The number of amides is 1. The average molecular weight is 301 g/mol. The summed E-state index contributed by atoms with van der Waals surface area (Å²) in [4.78, 5) is 11.6. The van der Waals surface area contributed by atoms with E-state index in [0.29, 0.717) is 4.68 Å². The van der Waals surface area contributed by atoms with Gasteiger partial charge in [-0.3, -0.25) is 9.48 Å². The first kappa shape index (κ1) is 17.7. The Hall–Kier alpha value is -1.28. The first-order valence-corrected chi connectivity index (χ1v) is 5.34. The first-order chi connectivity index (χ1) is 8.19. The van der Waals surface area contributed by atoms with E-state index in [2.05, 4.69) is 10.4 Å². The molecule has 0 aliphatic carbocycles. The standard InChI is InChI=1S/C10H15F3N4O.ClH/c1-6(2)8(14)9(18)16-7-3-15-17(4-7)5-10(11,12)13;/h3-4,6,8H,5,14H2,1-2H3,(H,16,18);1H/t8-;/m0./s1. The second-order valence-electron chi connectivity index (χ2n) is 4.30. The Kier molecular flexibility index (Phi) is 6.31. The van der Waals surface area contributed by atoms with Gasteiger partial charge in [0, 0.05) is 6.20 Å². The lowest BCUT2D eigenvalue weighted by Gasteiger charge is -2.14. The number of hydrogen-bond acceptors (Lipinski definition) is 3. The lowest BCUT2D eigenvalue weighted by atomic mass is 10.1. The van der Waals surface area contributed by atoms with E-state index in [1.54, 1.807) is 13.8 Å². The van der Waals surface area contributed by atoms with Gasteiger partial charge in [0.15, 0.2) is 0 Å². The van der Waals surface area contributed by atoms with Crippen LogP contribution >= 0.6 is 12.4 Å². The van der Waals surface area contributed by atoms with Crippen molar-refractivity contribution < 1.29 is 18.0 Å². The van der Waals surface area contributed by atoms with Crippen LogP contribution in [0.3, 0.4) is 0 Å². The van der Waals surface area contributed by atoms with Crippen molar-refractivity contribution in [1.82, 2.24) is 9.78 Å². The molecule has 0 aliphatic heterocycles. The molecule has 19 heavy (non-hydrogen) atoms. The number of anilines is 1. The van der Waals surface area contributed by atoms with Crippen LogP contribution in [-0.4, -0.2) is 27.9 Å². The topological polar surface area (TPSA) is 72.9 Å². The van der Waals surface area contributed by atoms with Gasteiger partial charge in [0.05, 0.1) is 17.9 Å². The van der Waals surface area contributed by atoms with Crippen molar-refractivity contribution in [1.29, 1.82) is 0 Å². The number of nitrogens with zero attached hydrogens (tertiary/aromatic N) is 2. The molecule has 5 nitrogen and oxygen atoms in total. The van der Waals surface area contributed by atoms with Gasteiger partial charge in [-0.15, -0.1) is 12.4 Å². The van der Waals surface area contributed by atoms with E-state index < -0.39 is 24.7 Å². The minimum Gasteiger partial charge on any atom is -0.322 e. The molecule has 1 rings (SSSR count). The van der Waals surface area contributed by atoms with Crippen LogP contribution in [0.15, 0.2) is 12.4 Å². The van der Waals surface area contributed by atoms with Crippen molar-refractivity contribution in [2.24, 2.45) is 11.7 Å². The molecule has 0 aliphatic rings. The Morgan fingerprint density at radius 2 is 2.11 bits per heavy atom. The highest BCUT2D eigenvalue weighted by Gasteiger charge is 2.28. The SMILES string of the molecule is CC(C)[C@H](N)C(=O)Nc1cnn(CC(F)(F)F)c1.Cl. The number of aromatic nitrogens is 2. The molecule has 110 valence electrons. The van der Waals surface area contributed by atoms with Crippen LogP contribution in [0, 0.1) is 5.92 Å². The molecule has 0 fully saturated rings. The third kappa shape index (κ3) is 5.93. The van der Waals surface area contributed by atoms with Crippen molar-refractivity contribution in [2.75, 3.05) is 5.32 Å². The smallest absolute Gasteiger partial charge is 0.322 e. The lowest BCUT2D eigenvalue weighted by molar-refractivity contribution is -0.142. The molecule has 1 aromatic rings. The monoisotopic (exact) mass is 300 g/mol. The van der Waals surface area contributed by atoms with Gasteiger partial charge in [-0.25, -0.2) is 0 Å². The summed E-state index contributed by atoms with van der Waals surface area (Å²) < 4.78 is 36.9. The number of nitrogens with two attached hydrogens (primary N) is 1. The van der Waals surface area contributed by atoms with E-state index in [-0.39, 0.29) is 24.0 Å². The Morgan fingerprint density at radius 3 is 2.58 bits per heavy atom. The highest BCUT2D eigenvalue weighted by atomic mass is 35.5. The fourth-order valence-electron chi connectivity index (χ4n) is 1.23. The molecule has 3 N–H and O–H groups in total. The fraction of sp³-hybridized carbons (Fsp3) is 0.600. The largest absolute Gasteiger partial charge is 0.408 e. The number of alkyl halides is 3. The third-order valence-corrected chi connectivity index (χ3v) is 2.26. The van der Waals surface area contributed by atoms with Crippen molar-refractivity contribution in [3.63, 3.8) is 0 Å². The van der Waals surface area contributed by atoms with Crippen LogP contribution < -0.4 is 11.1 Å². The van der Waals surface area contributed by atoms with Gasteiger partial charge in [-0.2, -0.15) is 18.3 Å². The number of carbonyl (C=O) groups excluding carboxylic acids is 1. The van der Waals surface area contributed by atoms with Gasteiger partial charge in [0.25, 0.3) is 0 Å². The van der Waals surface area contributed by atoms with Crippen LogP contribution in [0.5, 0.6) is 0 Å². The molecule has 0 bridgehead atoms. The number of halogens is 4. The van der Waals surface area contributed by atoms with E-state index in [1.807, 2.05) is 0 Å². The van der Waals surface area contributed by atoms with E-state index in [9.17, 15) is 18.0 Å². The maximum absolute atomic E-state index is 12.1. The highest BCUT2D eigenvalue weighted by Crippen LogP contribution is 2.18. The molecule has 0 saturated carbocycles. The molecule has 0 saturated heterocycles. The summed E-state index contributed by atoms with van der Waals surface area (Å²) in [5.41, 5.74) is 5.79. The quantitative estimate of drug-likeness (QED) is 0.890. The molecule has 0 radical (unpaired) electrons. The van der Waals surface area contributed by atoms with Gasteiger partial charge in [0.1, 0.15) is 6.54 Å². The number of nitrogens with one attached hydrogen (secondary N) is 1. The lowest BCUT2D eigenvalue weighted by Crippen LogP contribution is -2.39. The van der Waals surface area contributed by atoms with Crippen LogP contribution in [0.4, 0.5) is 18.9 Å². The van der Waals surface area contributed by atoms with Crippen molar-refractivity contribution >= 4 is 24.0 Å². The first-order valence-electron chi connectivity index (χ1n) is 5.34. The highest BCUT2D eigenvalue weighted by molar-refractivity contribution is 5.94. The molecule has 0 unspecified atom stereocenters. The van der Waals surface area contributed by atoms with Gasteiger partial charge < -0.3 is 11.1 Å². The maximum atomic E-state index is 12.1. The average Bonchev–Trinajstić information content (AvgIpc) is 2.61. The van der Waals surface area contributed by atoms with E-state index in [0.717, 1.165) is 12.4 Å². The van der Waals surface area contributed by atoms with Crippen LogP contribution in [-0.2, 0) is 11.3 Å². The second-order valence-corrected chi connectivity index (χ2v) is 4.30. The predicted octanol–water partition coefficient (Wildman–Crippen LogP) is 1.79. The fourth-order valence-corrected chi connectivity index (χ4v) is 1.23. The second kappa shape index (κ2) is 6.76. The minimum absolute atomic E-state index is 0. The molecule has 0 spiro atoms. The normalized spacial score (nSPS) is 13.0. The number of hydrogen-bond donors (Lipinski definition) is 2. The van der Waals surface area contributed by atoms with Crippen LogP contribution in [0.2, 0.25) is 0 Å². The molecule has 1 amide bonds. The molecule has 1 atom stereocenters. The zero-order chi connectivity index (χ0) is 13.9. The Bertz CT molecular complexity index is 419. The summed E-state index contributed by atoms with van der Waals surface area (Å²) in [6.07, 6.45) is -2.09. The van der Waals surface area contributed by atoms with Crippen LogP contribution in [0.1, 0.15) is 13.8 Å². The number of rotatable bonds is 4. The molecular formula is C10H16ClF3N4O. The van der Waals surface area contributed by atoms with Gasteiger partial charge in [0.2, 0.25) is 5.91 Å². The molecule has 0 aromatic carbocycles. The van der Waals surface area contributed by atoms with Crippen molar-refractivity contribution in [2.45, 2.75) is 32.6 Å². The summed E-state index contributed by atoms with van der Waals surface area (Å²) in [7, 11) is 0. The molecule has 1 heterocycles. The molecular weight excluding hydrogens is 285 g/mol. The Labute approximate surface area is 114 Å².